The number of alkyl halides is 3. The minimum Gasteiger partial charge on any atom is -0.382 e. The Bertz CT molecular complexity index is 562. The van der Waals surface area contributed by atoms with E-state index < -0.39 is 11.7 Å². The molecule has 3 N–H and O–H groups in total. The molecule has 1 rings (SSSR count). The van der Waals surface area contributed by atoms with Gasteiger partial charge in [-0.15, -0.1) is 24.0 Å². The first kappa shape index (κ1) is 26.7. The molecule has 0 aliphatic carbocycles. The molecule has 1 heterocycles. The van der Waals surface area contributed by atoms with Gasteiger partial charge in [0.05, 0.1) is 18.8 Å². The van der Waals surface area contributed by atoms with Crippen molar-refractivity contribution >= 4 is 35.8 Å². The number of nitrogens with zero attached hydrogens (tertiary/aromatic N) is 2. The summed E-state index contributed by atoms with van der Waals surface area (Å²) in [6.07, 6.45) is -2.35. The van der Waals surface area contributed by atoms with Crippen LogP contribution in [0.5, 0.6) is 0 Å². The van der Waals surface area contributed by atoms with Gasteiger partial charge in [0.2, 0.25) is 0 Å². The fourth-order valence-electron chi connectivity index (χ4n) is 2.08. The molecule has 0 spiro atoms. The zero-order valence-electron chi connectivity index (χ0n) is 16.1. The van der Waals surface area contributed by atoms with Crippen molar-refractivity contribution in [2.45, 2.75) is 19.5 Å². The Balaban J connectivity index is 0.00000729. The first-order valence-electron chi connectivity index (χ1n) is 8.84. The molecule has 0 atom stereocenters. The van der Waals surface area contributed by atoms with Crippen LogP contribution in [0, 0.1) is 0 Å². The van der Waals surface area contributed by atoms with Gasteiger partial charge in [0, 0.05) is 46.1 Å². The van der Waals surface area contributed by atoms with Crippen LogP contribution in [0.15, 0.2) is 23.3 Å². The Labute approximate surface area is 180 Å². The number of halogens is 4. The average Bonchev–Trinajstić information content (AvgIpc) is 2.64. The second kappa shape index (κ2) is 15.6. The van der Waals surface area contributed by atoms with E-state index in [2.05, 4.69) is 25.9 Å². The van der Waals surface area contributed by atoms with Crippen molar-refractivity contribution in [3.05, 3.63) is 23.9 Å². The average molecular weight is 519 g/mol. The molecule has 28 heavy (non-hydrogen) atoms. The molecular formula is C17H29F3IN5O2. The zero-order chi connectivity index (χ0) is 20.0. The number of hydrogen-bond donors (Lipinski definition) is 3. The van der Waals surface area contributed by atoms with Gasteiger partial charge < -0.3 is 25.4 Å². The third-order valence-electron chi connectivity index (χ3n) is 3.32. The maximum atomic E-state index is 12.9. The third kappa shape index (κ3) is 11.5. The van der Waals surface area contributed by atoms with Crippen LogP contribution in [-0.2, 0) is 15.7 Å². The van der Waals surface area contributed by atoms with E-state index >= 15 is 0 Å². The van der Waals surface area contributed by atoms with E-state index in [1.165, 1.54) is 12.3 Å². The number of aromatic nitrogens is 1. The topological polar surface area (TPSA) is 79.8 Å². The monoisotopic (exact) mass is 519 g/mol. The number of rotatable bonds is 12. The summed E-state index contributed by atoms with van der Waals surface area (Å²) in [7, 11) is 1.62. The van der Waals surface area contributed by atoms with Crippen molar-refractivity contribution in [2.24, 2.45) is 4.99 Å². The van der Waals surface area contributed by atoms with E-state index in [0.29, 0.717) is 45.4 Å². The standard InChI is InChI=1S/C17H28F3N5O2.HI/c1-3-21-16(24-8-5-11-27-13-12-26-2)25-10-9-23-15-14(17(18,19)20)6-4-7-22-15;/h4,6-7H,3,5,8-13H2,1-2H3,(H,22,23)(H2,21,24,25);1H. The van der Waals surface area contributed by atoms with Crippen molar-refractivity contribution in [3.8, 4) is 0 Å². The van der Waals surface area contributed by atoms with Crippen LogP contribution in [0.4, 0.5) is 19.0 Å². The first-order chi connectivity index (χ1) is 13.0. The number of nitrogens with one attached hydrogen (secondary N) is 3. The van der Waals surface area contributed by atoms with Gasteiger partial charge in [0.1, 0.15) is 5.82 Å². The summed E-state index contributed by atoms with van der Waals surface area (Å²) < 4.78 is 49.0. The summed E-state index contributed by atoms with van der Waals surface area (Å²) in [4.78, 5) is 8.15. The quantitative estimate of drug-likeness (QED) is 0.171. The molecule has 1 aromatic rings. The van der Waals surface area contributed by atoms with Crippen LogP contribution in [0.25, 0.3) is 0 Å². The molecule has 0 bridgehead atoms. The smallest absolute Gasteiger partial charge is 0.382 e. The largest absolute Gasteiger partial charge is 0.419 e. The summed E-state index contributed by atoms with van der Waals surface area (Å²) in [5.41, 5.74) is -0.779. The van der Waals surface area contributed by atoms with Gasteiger partial charge in [-0.3, -0.25) is 4.99 Å². The van der Waals surface area contributed by atoms with E-state index in [0.717, 1.165) is 12.5 Å². The predicted octanol–water partition coefficient (Wildman–Crippen LogP) is 2.74. The highest BCUT2D eigenvalue weighted by Crippen LogP contribution is 2.33. The number of methoxy groups -OCH3 is 1. The highest BCUT2D eigenvalue weighted by atomic mass is 127. The molecule has 0 aliphatic rings. The lowest BCUT2D eigenvalue weighted by Crippen LogP contribution is -2.39. The van der Waals surface area contributed by atoms with E-state index in [1.54, 1.807) is 7.11 Å². The van der Waals surface area contributed by atoms with E-state index in [1.807, 2.05) is 6.92 Å². The Morgan fingerprint density at radius 3 is 2.64 bits per heavy atom. The fourth-order valence-corrected chi connectivity index (χ4v) is 2.08. The van der Waals surface area contributed by atoms with Crippen LogP contribution < -0.4 is 16.0 Å². The second-order valence-corrected chi connectivity index (χ2v) is 5.47. The van der Waals surface area contributed by atoms with Gasteiger partial charge in [-0.05, 0) is 25.5 Å². The Hall–Kier alpha value is -1.34. The Kier molecular flexibility index (Phi) is 14.8. The van der Waals surface area contributed by atoms with Gasteiger partial charge in [-0.25, -0.2) is 4.98 Å². The van der Waals surface area contributed by atoms with Crippen molar-refractivity contribution in [1.29, 1.82) is 0 Å². The maximum Gasteiger partial charge on any atom is 0.419 e. The fraction of sp³-hybridized carbons (Fsp3) is 0.647. The van der Waals surface area contributed by atoms with Gasteiger partial charge >= 0.3 is 6.18 Å². The Morgan fingerprint density at radius 2 is 1.96 bits per heavy atom. The second-order valence-electron chi connectivity index (χ2n) is 5.47. The number of aliphatic imine (C=N–C) groups is 1. The zero-order valence-corrected chi connectivity index (χ0v) is 18.5. The van der Waals surface area contributed by atoms with E-state index in [9.17, 15) is 13.2 Å². The minimum absolute atomic E-state index is 0. The number of pyridine rings is 1. The third-order valence-corrected chi connectivity index (χ3v) is 3.32. The lowest BCUT2D eigenvalue weighted by Gasteiger charge is -2.14. The molecule has 11 heteroatoms. The summed E-state index contributed by atoms with van der Waals surface area (Å²) in [5.74, 6) is 0.426. The van der Waals surface area contributed by atoms with Gasteiger partial charge in [-0.2, -0.15) is 13.2 Å². The molecule has 0 unspecified atom stereocenters. The molecule has 7 nitrogen and oxygen atoms in total. The predicted molar refractivity (Wildman–Crippen MR) is 114 cm³/mol. The molecule has 0 aliphatic heterocycles. The molecular weight excluding hydrogens is 490 g/mol. The number of anilines is 1. The molecule has 0 amide bonds. The maximum absolute atomic E-state index is 12.9. The number of ether oxygens (including phenoxy) is 2. The van der Waals surface area contributed by atoms with Crippen molar-refractivity contribution in [2.75, 3.05) is 58.4 Å². The van der Waals surface area contributed by atoms with Crippen molar-refractivity contribution in [3.63, 3.8) is 0 Å². The molecule has 0 fully saturated rings. The number of hydrogen-bond acceptors (Lipinski definition) is 5. The van der Waals surface area contributed by atoms with Crippen LogP contribution in [0.3, 0.4) is 0 Å². The number of guanidine groups is 1. The molecule has 1 aromatic heterocycles. The van der Waals surface area contributed by atoms with Crippen LogP contribution in [0.2, 0.25) is 0 Å². The van der Waals surface area contributed by atoms with E-state index in [4.69, 9.17) is 9.47 Å². The summed E-state index contributed by atoms with van der Waals surface area (Å²) in [6.45, 7) is 5.57. The first-order valence-corrected chi connectivity index (χ1v) is 8.84. The van der Waals surface area contributed by atoms with Crippen molar-refractivity contribution < 1.29 is 22.6 Å². The van der Waals surface area contributed by atoms with Crippen LogP contribution in [-0.4, -0.2) is 64.1 Å². The van der Waals surface area contributed by atoms with Gasteiger partial charge in [0.25, 0.3) is 0 Å². The highest BCUT2D eigenvalue weighted by molar-refractivity contribution is 14.0. The summed E-state index contributed by atoms with van der Waals surface area (Å²) >= 11 is 0. The molecule has 0 saturated carbocycles. The molecule has 0 saturated heterocycles. The molecule has 162 valence electrons. The van der Waals surface area contributed by atoms with E-state index in [-0.39, 0.29) is 36.3 Å². The summed E-state index contributed by atoms with van der Waals surface area (Å²) in [6, 6.07) is 2.27. The van der Waals surface area contributed by atoms with Crippen LogP contribution >= 0.6 is 24.0 Å². The van der Waals surface area contributed by atoms with Crippen LogP contribution in [0.1, 0.15) is 18.9 Å². The minimum atomic E-state index is -4.44. The lowest BCUT2D eigenvalue weighted by atomic mass is 10.2. The highest BCUT2D eigenvalue weighted by Gasteiger charge is 2.33. The molecule has 0 aromatic carbocycles. The van der Waals surface area contributed by atoms with Gasteiger partial charge in [0.15, 0.2) is 5.96 Å². The Morgan fingerprint density at radius 1 is 1.18 bits per heavy atom. The lowest BCUT2D eigenvalue weighted by molar-refractivity contribution is -0.137. The summed E-state index contributed by atoms with van der Waals surface area (Å²) in [5, 5.41) is 8.85. The van der Waals surface area contributed by atoms with Crippen molar-refractivity contribution in [1.82, 2.24) is 15.6 Å². The SMILES string of the molecule is CCNC(=NCCCOCCOC)NCCNc1ncccc1C(F)(F)F.I. The van der Waals surface area contributed by atoms with Gasteiger partial charge in [-0.1, -0.05) is 0 Å². The normalized spacial score (nSPS) is 11.7. The molecule has 0 radical (unpaired) electrons.